The minimum absolute atomic E-state index is 0.0328. The van der Waals surface area contributed by atoms with E-state index in [1.165, 1.54) is 0 Å². The zero-order valence-corrected chi connectivity index (χ0v) is 14.1. The number of nitrogens with one attached hydrogen (secondary N) is 1. The van der Waals surface area contributed by atoms with Crippen molar-refractivity contribution in [3.63, 3.8) is 0 Å². The Balaban J connectivity index is 2.43. The van der Waals surface area contributed by atoms with Crippen molar-refractivity contribution in [3.8, 4) is 0 Å². The van der Waals surface area contributed by atoms with Crippen LogP contribution in [-0.4, -0.2) is 34.8 Å². The molecule has 1 aromatic carbocycles. The van der Waals surface area contributed by atoms with E-state index in [0.29, 0.717) is 0 Å². The van der Waals surface area contributed by atoms with Gasteiger partial charge in [0.1, 0.15) is 18.2 Å². The molecule has 1 aromatic rings. The third-order valence-electron chi connectivity index (χ3n) is 2.86. The lowest BCUT2D eigenvalue weighted by Crippen LogP contribution is -2.41. The molecule has 0 saturated carbocycles. The molecule has 0 heterocycles. The Labute approximate surface area is 141 Å². The number of alkyl carbamates (subject to hydrolysis) is 1. The molecule has 2 N–H and O–H groups in total. The minimum Gasteiger partial charge on any atom is -0.480 e. The molecule has 0 aliphatic carbocycles. The summed E-state index contributed by atoms with van der Waals surface area (Å²) in [6, 6.07) is 7.78. The van der Waals surface area contributed by atoms with Crippen LogP contribution in [0.1, 0.15) is 39.2 Å². The summed E-state index contributed by atoms with van der Waals surface area (Å²) < 4.78 is 10.1. The first kappa shape index (κ1) is 19.5. The Kier molecular flexibility index (Phi) is 7.23. The van der Waals surface area contributed by atoms with Gasteiger partial charge in [0, 0.05) is 6.42 Å². The molecule has 7 heteroatoms. The number of carbonyl (C=O) groups is 3. The molecule has 1 amide bonds. The largest absolute Gasteiger partial charge is 0.480 e. The van der Waals surface area contributed by atoms with Crippen LogP contribution in [0.4, 0.5) is 4.79 Å². The number of amides is 1. The highest BCUT2D eigenvalue weighted by molar-refractivity contribution is 5.80. The minimum atomic E-state index is -1.24. The second kappa shape index (κ2) is 8.90. The summed E-state index contributed by atoms with van der Waals surface area (Å²) in [6.07, 6.45) is -1.05. The number of carbonyl (C=O) groups excluding carboxylic acids is 2. The number of ether oxygens (including phenoxy) is 2. The predicted octanol–water partition coefficient (Wildman–Crippen LogP) is 2.49. The van der Waals surface area contributed by atoms with E-state index in [1.54, 1.807) is 45.0 Å². The number of rotatable bonds is 7. The van der Waals surface area contributed by atoms with Crippen LogP contribution in [-0.2, 0) is 25.7 Å². The quantitative estimate of drug-likeness (QED) is 0.741. The summed E-state index contributed by atoms with van der Waals surface area (Å²) in [6.45, 7) is 5.20. The number of benzene rings is 1. The van der Waals surface area contributed by atoms with Crippen LogP contribution in [0.25, 0.3) is 0 Å². The summed E-state index contributed by atoms with van der Waals surface area (Å²) in [5, 5.41) is 11.4. The Morgan fingerprint density at radius 3 is 2.33 bits per heavy atom. The third-order valence-corrected chi connectivity index (χ3v) is 2.86. The van der Waals surface area contributed by atoms with Gasteiger partial charge in [0.05, 0.1) is 0 Å². The second-order valence-corrected chi connectivity index (χ2v) is 6.22. The lowest BCUT2D eigenvalue weighted by Gasteiger charge is -2.20. The molecule has 0 bridgehead atoms. The average molecular weight is 337 g/mol. The van der Waals surface area contributed by atoms with Crippen LogP contribution in [0, 0.1) is 0 Å². The lowest BCUT2D eigenvalue weighted by molar-refractivity contribution is -0.155. The number of carboxylic acid groups (broad SMARTS) is 1. The Bertz CT molecular complexity index is 564. The van der Waals surface area contributed by atoms with Crippen LogP contribution in [0.2, 0.25) is 0 Å². The van der Waals surface area contributed by atoms with Gasteiger partial charge >= 0.3 is 18.0 Å². The van der Waals surface area contributed by atoms with Crippen molar-refractivity contribution in [2.45, 2.75) is 51.9 Å². The Morgan fingerprint density at radius 1 is 1.17 bits per heavy atom. The molecular formula is C17H23NO6. The van der Waals surface area contributed by atoms with Crippen LogP contribution in [0.3, 0.4) is 0 Å². The van der Waals surface area contributed by atoms with E-state index in [0.717, 1.165) is 5.56 Å². The van der Waals surface area contributed by atoms with Gasteiger partial charge in [-0.2, -0.15) is 0 Å². The van der Waals surface area contributed by atoms with Crippen LogP contribution in [0.5, 0.6) is 0 Å². The van der Waals surface area contributed by atoms with Crippen molar-refractivity contribution in [3.05, 3.63) is 35.9 Å². The summed E-state index contributed by atoms with van der Waals surface area (Å²) in [7, 11) is 0. The molecule has 0 spiro atoms. The first-order valence-corrected chi connectivity index (χ1v) is 7.59. The number of hydrogen-bond donors (Lipinski definition) is 2. The second-order valence-electron chi connectivity index (χ2n) is 6.22. The molecular weight excluding hydrogens is 314 g/mol. The van der Waals surface area contributed by atoms with E-state index >= 15 is 0 Å². The molecule has 1 rings (SSSR count). The van der Waals surface area contributed by atoms with Gasteiger partial charge in [-0.15, -0.1) is 0 Å². The molecule has 7 nitrogen and oxygen atoms in total. The van der Waals surface area contributed by atoms with Gasteiger partial charge in [-0.25, -0.2) is 9.59 Å². The van der Waals surface area contributed by atoms with E-state index < -0.39 is 29.7 Å². The molecule has 0 saturated heterocycles. The zero-order chi connectivity index (χ0) is 18.2. The van der Waals surface area contributed by atoms with Crippen LogP contribution < -0.4 is 5.32 Å². The molecule has 0 aromatic heterocycles. The van der Waals surface area contributed by atoms with E-state index in [2.05, 4.69) is 5.32 Å². The van der Waals surface area contributed by atoms with E-state index in [1.807, 2.05) is 6.07 Å². The smallest absolute Gasteiger partial charge is 0.408 e. The molecule has 1 atom stereocenters. The maximum atomic E-state index is 11.7. The highest BCUT2D eigenvalue weighted by Gasteiger charge is 2.23. The van der Waals surface area contributed by atoms with Crippen molar-refractivity contribution in [2.24, 2.45) is 0 Å². The first-order valence-electron chi connectivity index (χ1n) is 7.59. The standard InChI is InChI=1S/C17H23NO6/c1-17(2,3)24-14(19)10-9-13(15(20)21)18-16(22)23-11-12-7-5-4-6-8-12/h4-8,13H,9-11H2,1-3H3,(H,18,22)(H,20,21). The predicted molar refractivity (Wildman–Crippen MR) is 86.3 cm³/mol. The van der Waals surface area contributed by atoms with Crippen molar-refractivity contribution in [1.82, 2.24) is 5.32 Å². The zero-order valence-electron chi connectivity index (χ0n) is 14.1. The number of carboxylic acids is 1. The van der Waals surface area contributed by atoms with Gasteiger partial charge in [0.15, 0.2) is 0 Å². The van der Waals surface area contributed by atoms with Crippen molar-refractivity contribution < 1.29 is 29.0 Å². The Hall–Kier alpha value is -2.57. The van der Waals surface area contributed by atoms with Gasteiger partial charge in [0.2, 0.25) is 0 Å². The Morgan fingerprint density at radius 2 is 1.79 bits per heavy atom. The van der Waals surface area contributed by atoms with Gasteiger partial charge in [0.25, 0.3) is 0 Å². The fourth-order valence-corrected chi connectivity index (χ4v) is 1.82. The summed E-state index contributed by atoms with van der Waals surface area (Å²) >= 11 is 0. The summed E-state index contributed by atoms with van der Waals surface area (Å²) in [4.78, 5) is 34.5. The highest BCUT2D eigenvalue weighted by atomic mass is 16.6. The average Bonchev–Trinajstić information content (AvgIpc) is 2.48. The summed E-state index contributed by atoms with van der Waals surface area (Å²) in [5.74, 6) is -1.76. The normalized spacial score (nSPS) is 12.1. The van der Waals surface area contributed by atoms with E-state index in [9.17, 15) is 14.4 Å². The van der Waals surface area contributed by atoms with Crippen LogP contribution in [0.15, 0.2) is 30.3 Å². The van der Waals surface area contributed by atoms with Crippen molar-refractivity contribution >= 4 is 18.0 Å². The van der Waals surface area contributed by atoms with Gasteiger partial charge in [-0.1, -0.05) is 30.3 Å². The molecule has 0 aliphatic heterocycles. The monoisotopic (exact) mass is 337 g/mol. The van der Waals surface area contributed by atoms with E-state index in [4.69, 9.17) is 14.6 Å². The number of aliphatic carboxylic acids is 1. The van der Waals surface area contributed by atoms with Gasteiger partial charge in [-0.3, -0.25) is 4.79 Å². The maximum Gasteiger partial charge on any atom is 0.408 e. The molecule has 0 radical (unpaired) electrons. The fourth-order valence-electron chi connectivity index (χ4n) is 1.82. The molecule has 0 fully saturated rings. The molecule has 132 valence electrons. The lowest BCUT2D eigenvalue weighted by atomic mass is 10.1. The third kappa shape index (κ3) is 8.17. The van der Waals surface area contributed by atoms with Gasteiger partial charge < -0.3 is 19.9 Å². The number of esters is 1. The molecule has 0 aliphatic rings. The molecule has 24 heavy (non-hydrogen) atoms. The van der Waals surface area contributed by atoms with Gasteiger partial charge in [-0.05, 0) is 32.8 Å². The number of hydrogen-bond acceptors (Lipinski definition) is 5. The highest BCUT2D eigenvalue weighted by Crippen LogP contribution is 2.10. The summed E-state index contributed by atoms with van der Waals surface area (Å²) in [5.41, 5.74) is 0.144. The van der Waals surface area contributed by atoms with E-state index in [-0.39, 0.29) is 19.4 Å². The maximum absolute atomic E-state index is 11.7. The van der Waals surface area contributed by atoms with Crippen molar-refractivity contribution in [1.29, 1.82) is 0 Å². The van der Waals surface area contributed by atoms with Crippen molar-refractivity contribution in [2.75, 3.05) is 0 Å². The molecule has 1 unspecified atom stereocenters. The first-order chi connectivity index (χ1) is 11.2. The SMILES string of the molecule is CC(C)(C)OC(=O)CCC(NC(=O)OCc1ccccc1)C(=O)O. The fraction of sp³-hybridized carbons (Fsp3) is 0.471. The topological polar surface area (TPSA) is 102 Å². The van der Waals surface area contributed by atoms with Crippen LogP contribution >= 0.6 is 0 Å².